The van der Waals surface area contributed by atoms with E-state index in [9.17, 15) is 5.11 Å². The molecule has 4 rings (SSSR count). The number of halogens is 1. The maximum Gasteiger partial charge on any atom is 0.227 e. The van der Waals surface area contributed by atoms with Crippen molar-refractivity contribution in [1.29, 1.82) is 0 Å². The van der Waals surface area contributed by atoms with Crippen molar-refractivity contribution in [2.24, 2.45) is 5.92 Å². The van der Waals surface area contributed by atoms with Crippen LogP contribution in [0.3, 0.4) is 0 Å². The van der Waals surface area contributed by atoms with Crippen molar-refractivity contribution < 1.29 is 9.84 Å². The van der Waals surface area contributed by atoms with Crippen LogP contribution in [-0.2, 0) is 13.0 Å². The molecule has 0 amide bonds. The number of aryl methyl sites for hydroxylation is 1. The lowest BCUT2D eigenvalue weighted by atomic mass is 9.99. The zero-order chi connectivity index (χ0) is 21.3. The SMILES string of the molecule is Cc1ncc(CO)c2c1Oc1nc(-c3ccc(Cl)cc3)nc(SCCC(C)C)c1C2. The second-order valence-corrected chi connectivity index (χ2v) is 9.31. The number of hydrogen-bond donors (Lipinski definition) is 1. The lowest BCUT2D eigenvalue weighted by Gasteiger charge is -2.24. The Labute approximate surface area is 185 Å². The molecule has 1 aromatic carbocycles. The van der Waals surface area contributed by atoms with Crippen molar-refractivity contribution >= 4 is 23.4 Å². The fraction of sp³-hybridized carbons (Fsp3) is 0.348. The number of nitrogens with zero attached hydrogens (tertiary/aromatic N) is 3. The van der Waals surface area contributed by atoms with Gasteiger partial charge in [-0.15, -0.1) is 11.8 Å². The predicted molar refractivity (Wildman–Crippen MR) is 120 cm³/mol. The summed E-state index contributed by atoms with van der Waals surface area (Å²) in [7, 11) is 0. The molecule has 156 valence electrons. The topological polar surface area (TPSA) is 68.1 Å². The Morgan fingerprint density at radius 1 is 1.17 bits per heavy atom. The largest absolute Gasteiger partial charge is 0.436 e. The molecule has 0 spiro atoms. The molecule has 2 aromatic heterocycles. The third-order valence-electron chi connectivity index (χ3n) is 5.09. The van der Waals surface area contributed by atoms with Gasteiger partial charge in [0, 0.05) is 34.3 Å². The van der Waals surface area contributed by atoms with Crippen LogP contribution in [0.25, 0.3) is 11.4 Å². The van der Waals surface area contributed by atoms with Gasteiger partial charge in [-0.2, -0.15) is 4.98 Å². The zero-order valence-electron chi connectivity index (χ0n) is 17.3. The summed E-state index contributed by atoms with van der Waals surface area (Å²) in [5.41, 5.74) is 4.39. The van der Waals surface area contributed by atoms with Crippen LogP contribution in [0.1, 0.15) is 42.7 Å². The van der Waals surface area contributed by atoms with Crippen LogP contribution in [0.5, 0.6) is 11.6 Å². The Morgan fingerprint density at radius 3 is 2.63 bits per heavy atom. The van der Waals surface area contributed by atoms with E-state index in [1.54, 1.807) is 18.0 Å². The van der Waals surface area contributed by atoms with Crippen molar-refractivity contribution in [1.82, 2.24) is 15.0 Å². The lowest BCUT2D eigenvalue weighted by molar-refractivity contribution is 0.278. The average molecular weight is 442 g/mol. The monoisotopic (exact) mass is 441 g/mol. The number of aliphatic hydroxyl groups excluding tert-OH is 1. The molecule has 7 heteroatoms. The average Bonchev–Trinajstić information content (AvgIpc) is 2.73. The molecule has 1 N–H and O–H groups in total. The second-order valence-electron chi connectivity index (χ2n) is 7.79. The number of pyridine rings is 1. The lowest BCUT2D eigenvalue weighted by Crippen LogP contribution is -2.13. The molecule has 0 aliphatic carbocycles. The van der Waals surface area contributed by atoms with Gasteiger partial charge >= 0.3 is 0 Å². The van der Waals surface area contributed by atoms with Crippen LogP contribution in [0, 0.1) is 12.8 Å². The Kier molecular flexibility index (Phi) is 6.27. The van der Waals surface area contributed by atoms with E-state index >= 15 is 0 Å². The summed E-state index contributed by atoms with van der Waals surface area (Å²) in [5.74, 6) is 3.46. The predicted octanol–water partition coefficient (Wildman–Crippen LogP) is 5.83. The molecule has 0 bridgehead atoms. The Hall–Kier alpha value is -2.15. The molecule has 0 unspecified atom stereocenters. The summed E-state index contributed by atoms with van der Waals surface area (Å²) in [4.78, 5) is 14.0. The highest BCUT2D eigenvalue weighted by atomic mass is 35.5. The molecule has 1 aliphatic heterocycles. The number of hydrogen-bond acceptors (Lipinski definition) is 6. The number of aliphatic hydroxyl groups is 1. The minimum atomic E-state index is -0.0755. The Morgan fingerprint density at radius 2 is 1.93 bits per heavy atom. The smallest absolute Gasteiger partial charge is 0.227 e. The summed E-state index contributed by atoms with van der Waals surface area (Å²) in [6.07, 6.45) is 3.44. The normalized spacial score (nSPS) is 12.5. The van der Waals surface area contributed by atoms with Gasteiger partial charge in [0.2, 0.25) is 5.88 Å². The van der Waals surface area contributed by atoms with Gasteiger partial charge in [-0.25, -0.2) is 4.98 Å². The summed E-state index contributed by atoms with van der Waals surface area (Å²) < 4.78 is 6.24. The van der Waals surface area contributed by atoms with E-state index in [0.29, 0.717) is 34.8 Å². The van der Waals surface area contributed by atoms with Crippen molar-refractivity contribution in [3.05, 3.63) is 57.9 Å². The molecule has 1 aliphatic rings. The van der Waals surface area contributed by atoms with E-state index in [0.717, 1.165) is 45.1 Å². The van der Waals surface area contributed by atoms with Crippen LogP contribution >= 0.6 is 23.4 Å². The van der Waals surface area contributed by atoms with Gasteiger partial charge in [0.15, 0.2) is 11.6 Å². The summed E-state index contributed by atoms with van der Waals surface area (Å²) >= 11 is 7.78. The van der Waals surface area contributed by atoms with E-state index < -0.39 is 0 Å². The number of ether oxygens (including phenoxy) is 1. The van der Waals surface area contributed by atoms with Gasteiger partial charge in [-0.1, -0.05) is 25.4 Å². The number of aromatic nitrogens is 3. The number of thioether (sulfide) groups is 1. The standard InChI is InChI=1S/C23H24ClN3O2S/c1-13(2)8-9-30-23-19-10-18-16(12-28)11-25-14(3)20(18)29-22(19)26-21(27-23)15-4-6-17(24)7-5-15/h4-7,11,13,28H,8-10,12H2,1-3H3. The maximum absolute atomic E-state index is 9.78. The minimum absolute atomic E-state index is 0.0755. The van der Waals surface area contributed by atoms with Crippen LogP contribution in [0.2, 0.25) is 5.02 Å². The molecule has 3 aromatic rings. The molecule has 5 nitrogen and oxygen atoms in total. The number of rotatable bonds is 6. The Bertz CT molecular complexity index is 1070. The maximum atomic E-state index is 9.78. The first-order valence-electron chi connectivity index (χ1n) is 10.0. The molecular weight excluding hydrogens is 418 g/mol. The quantitative estimate of drug-likeness (QED) is 0.300. The van der Waals surface area contributed by atoms with Crippen molar-refractivity contribution in [3.8, 4) is 23.0 Å². The van der Waals surface area contributed by atoms with Crippen molar-refractivity contribution in [2.75, 3.05) is 5.75 Å². The van der Waals surface area contributed by atoms with Gasteiger partial charge in [0.05, 0.1) is 17.9 Å². The second kappa shape index (κ2) is 8.92. The molecular formula is C23H24ClN3O2S. The van der Waals surface area contributed by atoms with Crippen LogP contribution < -0.4 is 4.74 Å². The van der Waals surface area contributed by atoms with Crippen LogP contribution in [-0.4, -0.2) is 25.8 Å². The molecule has 0 saturated heterocycles. The summed E-state index contributed by atoms with van der Waals surface area (Å²) in [6.45, 7) is 6.27. The highest BCUT2D eigenvalue weighted by molar-refractivity contribution is 7.99. The van der Waals surface area contributed by atoms with Crippen LogP contribution in [0.4, 0.5) is 0 Å². The first kappa shape index (κ1) is 21.1. The van der Waals surface area contributed by atoms with Gasteiger partial charge < -0.3 is 9.84 Å². The number of benzene rings is 1. The molecule has 0 fully saturated rings. The van der Waals surface area contributed by atoms with E-state index in [-0.39, 0.29) is 6.61 Å². The van der Waals surface area contributed by atoms with Gasteiger partial charge in [-0.3, -0.25) is 4.98 Å². The van der Waals surface area contributed by atoms with E-state index in [4.69, 9.17) is 26.3 Å². The highest BCUT2D eigenvalue weighted by Crippen LogP contribution is 2.42. The fourth-order valence-electron chi connectivity index (χ4n) is 3.33. The zero-order valence-corrected chi connectivity index (χ0v) is 18.8. The molecule has 0 atom stereocenters. The molecule has 0 saturated carbocycles. The summed E-state index contributed by atoms with van der Waals surface area (Å²) in [6, 6.07) is 7.51. The third kappa shape index (κ3) is 4.31. The first-order chi connectivity index (χ1) is 14.5. The molecule has 30 heavy (non-hydrogen) atoms. The van der Waals surface area contributed by atoms with Gasteiger partial charge in [0.1, 0.15) is 5.03 Å². The van der Waals surface area contributed by atoms with E-state index in [2.05, 4.69) is 18.8 Å². The Balaban J connectivity index is 1.79. The van der Waals surface area contributed by atoms with Crippen molar-refractivity contribution in [2.45, 2.75) is 45.2 Å². The highest BCUT2D eigenvalue weighted by Gasteiger charge is 2.27. The third-order valence-corrected chi connectivity index (χ3v) is 6.40. The molecule has 0 radical (unpaired) electrons. The first-order valence-corrected chi connectivity index (χ1v) is 11.4. The van der Waals surface area contributed by atoms with Crippen molar-refractivity contribution in [3.63, 3.8) is 0 Å². The number of fused-ring (bicyclic) bond motifs is 2. The van der Waals surface area contributed by atoms with Gasteiger partial charge in [0.25, 0.3) is 0 Å². The molecule has 3 heterocycles. The van der Waals surface area contributed by atoms with Gasteiger partial charge in [-0.05, 0) is 49.3 Å². The van der Waals surface area contributed by atoms with Crippen LogP contribution in [0.15, 0.2) is 35.5 Å². The van der Waals surface area contributed by atoms with E-state index in [1.165, 1.54) is 0 Å². The minimum Gasteiger partial charge on any atom is -0.436 e. The summed E-state index contributed by atoms with van der Waals surface area (Å²) in [5, 5.41) is 11.4. The van der Waals surface area contributed by atoms with E-state index in [1.807, 2.05) is 31.2 Å². The fourth-order valence-corrected chi connectivity index (χ4v) is 4.73.